The van der Waals surface area contributed by atoms with Gasteiger partial charge in [0, 0.05) is 17.2 Å². The maximum atomic E-state index is 13.1. The molecule has 0 bridgehead atoms. The molecule has 1 heterocycles. The highest BCUT2D eigenvalue weighted by molar-refractivity contribution is 9.10. The van der Waals surface area contributed by atoms with Gasteiger partial charge < -0.3 is 5.32 Å². The molecular formula is C18H16BrFN2S. The van der Waals surface area contributed by atoms with E-state index in [1.807, 2.05) is 24.4 Å². The van der Waals surface area contributed by atoms with Gasteiger partial charge >= 0.3 is 0 Å². The van der Waals surface area contributed by atoms with Crippen LogP contribution in [0.4, 0.5) is 4.39 Å². The summed E-state index contributed by atoms with van der Waals surface area (Å²) in [5, 5.41) is 4.42. The number of hydrogen-bond donors (Lipinski definition) is 1. The van der Waals surface area contributed by atoms with Crippen molar-refractivity contribution in [2.45, 2.75) is 13.0 Å². The van der Waals surface area contributed by atoms with Gasteiger partial charge in [0.25, 0.3) is 0 Å². The van der Waals surface area contributed by atoms with Gasteiger partial charge in [0.05, 0.1) is 4.88 Å². The van der Waals surface area contributed by atoms with E-state index in [4.69, 9.17) is 0 Å². The lowest BCUT2D eigenvalue weighted by atomic mass is 10.1. The number of aromatic nitrogens is 1. The lowest BCUT2D eigenvalue weighted by Gasteiger charge is -2.03. The number of nitrogens with zero attached hydrogens (tertiary/aromatic N) is 1. The van der Waals surface area contributed by atoms with Crippen molar-refractivity contribution >= 4 is 27.3 Å². The van der Waals surface area contributed by atoms with E-state index in [0.717, 1.165) is 39.4 Å². The number of hydrogen-bond acceptors (Lipinski definition) is 3. The highest BCUT2D eigenvalue weighted by Crippen LogP contribution is 2.28. The van der Waals surface area contributed by atoms with Gasteiger partial charge in [-0.25, -0.2) is 9.37 Å². The summed E-state index contributed by atoms with van der Waals surface area (Å²) in [6, 6.07) is 14.9. The summed E-state index contributed by atoms with van der Waals surface area (Å²) in [6.45, 7) is 1.53. The molecule has 0 amide bonds. The van der Waals surface area contributed by atoms with E-state index in [0.29, 0.717) is 0 Å². The standard InChI is InChI=1S/C18H16BrFN2S/c19-15-5-2-4-14(10-15)17-11-22-18(23-17)12-21-8-7-13-3-1-6-16(20)9-13/h1-6,9-11,21H,7-8,12H2. The smallest absolute Gasteiger partial charge is 0.123 e. The molecule has 5 heteroatoms. The predicted molar refractivity (Wildman–Crippen MR) is 97.1 cm³/mol. The second kappa shape index (κ2) is 7.81. The van der Waals surface area contributed by atoms with E-state index < -0.39 is 0 Å². The van der Waals surface area contributed by atoms with Gasteiger partial charge in [-0.2, -0.15) is 0 Å². The predicted octanol–water partition coefficient (Wildman–Crippen LogP) is 5.04. The molecule has 0 aliphatic carbocycles. The lowest BCUT2D eigenvalue weighted by molar-refractivity contribution is 0.622. The molecule has 2 aromatic carbocycles. The largest absolute Gasteiger partial charge is 0.310 e. The van der Waals surface area contributed by atoms with Crippen molar-refractivity contribution in [2.24, 2.45) is 0 Å². The van der Waals surface area contributed by atoms with E-state index in [9.17, 15) is 4.39 Å². The minimum Gasteiger partial charge on any atom is -0.310 e. The first-order valence-corrected chi connectivity index (χ1v) is 8.97. The molecule has 0 radical (unpaired) electrons. The highest BCUT2D eigenvalue weighted by Gasteiger charge is 2.05. The van der Waals surface area contributed by atoms with E-state index in [1.54, 1.807) is 23.5 Å². The zero-order valence-corrected chi connectivity index (χ0v) is 14.8. The fraction of sp³-hybridized carbons (Fsp3) is 0.167. The Morgan fingerprint density at radius 2 is 2.00 bits per heavy atom. The second-order valence-electron chi connectivity index (χ2n) is 5.19. The Morgan fingerprint density at radius 3 is 2.83 bits per heavy atom. The Hall–Kier alpha value is -1.56. The average molecular weight is 391 g/mol. The van der Waals surface area contributed by atoms with Gasteiger partial charge in [0.15, 0.2) is 0 Å². The molecule has 3 aromatic rings. The summed E-state index contributed by atoms with van der Waals surface area (Å²) in [4.78, 5) is 5.62. The number of thiazole rings is 1. The zero-order chi connectivity index (χ0) is 16.1. The van der Waals surface area contributed by atoms with Gasteiger partial charge in [0.1, 0.15) is 10.8 Å². The van der Waals surface area contributed by atoms with Crippen molar-refractivity contribution in [1.29, 1.82) is 0 Å². The van der Waals surface area contributed by atoms with Crippen LogP contribution < -0.4 is 5.32 Å². The van der Waals surface area contributed by atoms with Gasteiger partial charge in [-0.3, -0.25) is 0 Å². The van der Waals surface area contributed by atoms with E-state index >= 15 is 0 Å². The molecule has 0 unspecified atom stereocenters. The van der Waals surface area contributed by atoms with E-state index in [-0.39, 0.29) is 5.82 Å². The number of halogens is 2. The van der Waals surface area contributed by atoms with Crippen molar-refractivity contribution in [2.75, 3.05) is 6.54 Å². The van der Waals surface area contributed by atoms with Crippen LogP contribution in [0.3, 0.4) is 0 Å². The van der Waals surface area contributed by atoms with Crippen LogP contribution in [0.5, 0.6) is 0 Å². The van der Waals surface area contributed by atoms with Gasteiger partial charge in [0.2, 0.25) is 0 Å². The molecule has 118 valence electrons. The Balaban J connectivity index is 1.51. The summed E-state index contributed by atoms with van der Waals surface area (Å²) >= 11 is 5.18. The molecular weight excluding hydrogens is 375 g/mol. The van der Waals surface area contributed by atoms with Gasteiger partial charge in [-0.15, -0.1) is 11.3 Å². The van der Waals surface area contributed by atoms with Crippen molar-refractivity contribution in [3.63, 3.8) is 0 Å². The van der Waals surface area contributed by atoms with E-state index in [1.165, 1.54) is 11.6 Å². The maximum Gasteiger partial charge on any atom is 0.123 e. The fourth-order valence-electron chi connectivity index (χ4n) is 2.29. The Kier molecular flexibility index (Phi) is 5.54. The Bertz CT molecular complexity index is 788. The molecule has 0 fully saturated rings. The summed E-state index contributed by atoms with van der Waals surface area (Å²) in [5.41, 5.74) is 2.18. The third-order valence-electron chi connectivity index (χ3n) is 3.42. The molecule has 0 aliphatic heterocycles. The summed E-state index contributed by atoms with van der Waals surface area (Å²) in [6.07, 6.45) is 2.72. The van der Waals surface area contributed by atoms with E-state index in [2.05, 4.69) is 38.4 Å². The van der Waals surface area contributed by atoms with Crippen molar-refractivity contribution in [3.05, 3.63) is 75.6 Å². The lowest BCUT2D eigenvalue weighted by Crippen LogP contribution is -2.16. The molecule has 1 aromatic heterocycles. The number of nitrogens with one attached hydrogen (secondary N) is 1. The van der Waals surface area contributed by atoms with Crippen LogP contribution in [-0.4, -0.2) is 11.5 Å². The van der Waals surface area contributed by atoms with Crippen LogP contribution in [0.25, 0.3) is 10.4 Å². The van der Waals surface area contributed by atoms with Crippen LogP contribution in [0.1, 0.15) is 10.6 Å². The van der Waals surface area contributed by atoms with Crippen molar-refractivity contribution in [1.82, 2.24) is 10.3 Å². The summed E-state index contributed by atoms with van der Waals surface area (Å²) < 4.78 is 14.2. The minimum absolute atomic E-state index is 0.180. The maximum absolute atomic E-state index is 13.1. The van der Waals surface area contributed by atoms with Crippen LogP contribution in [0, 0.1) is 5.82 Å². The first-order chi connectivity index (χ1) is 11.2. The van der Waals surface area contributed by atoms with Crippen LogP contribution in [-0.2, 0) is 13.0 Å². The average Bonchev–Trinajstić information content (AvgIpc) is 3.01. The van der Waals surface area contributed by atoms with Gasteiger partial charge in [-0.05, 0) is 48.4 Å². The van der Waals surface area contributed by atoms with Gasteiger partial charge in [-0.1, -0.05) is 40.2 Å². The monoisotopic (exact) mass is 390 g/mol. The third-order valence-corrected chi connectivity index (χ3v) is 4.96. The fourth-order valence-corrected chi connectivity index (χ4v) is 3.57. The summed E-state index contributed by atoms with van der Waals surface area (Å²) in [7, 11) is 0. The summed E-state index contributed by atoms with van der Waals surface area (Å²) in [5.74, 6) is -0.180. The van der Waals surface area contributed by atoms with Crippen molar-refractivity contribution in [3.8, 4) is 10.4 Å². The molecule has 2 nitrogen and oxygen atoms in total. The Labute approximate surface area is 147 Å². The second-order valence-corrected chi connectivity index (χ2v) is 7.22. The molecule has 23 heavy (non-hydrogen) atoms. The van der Waals surface area contributed by atoms with Crippen LogP contribution >= 0.6 is 27.3 Å². The van der Waals surface area contributed by atoms with Crippen LogP contribution in [0.2, 0.25) is 0 Å². The molecule has 0 saturated carbocycles. The molecule has 0 aliphatic rings. The Morgan fingerprint density at radius 1 is 1.13 bits per heavy atom. The molecule has 0 atom stereocenters. The molecule has 0 spiro atoms. The normalized spacial score (nSPS) is 10.9. The molecule has 0 saturated heterocycles. The SMILES string of the molecule is Fc1cccc(CCNCc2ncc(-c3cccc(Br)c3)s2)c1. The van der Waals surface area contributed by atoms with Crippen molar-refractivity contribution < 1.29 is 4.39 Å². The minimum atomic E-state index is -0.180. The highest BCUT2D eigenvalue weighted by atomic mass is 79.9. The molecule has 3 rings (SSSR count). The third kappa shape index (κ3) is 4.70. The van der Waals surface area contributed by atoms with Crippen LogP contribution in [0.15, 0.2) is 59.2 Å². The zero-order valence-electron chi connectivity index (χ0n) is 12.4. The first kappa shape index (κ1) is 16.3. The molecule has 1 N–H and O–H groups in total. The quantitative estimate of drug-likeness (QED) is 0.596. The first-order valence-electron chi connectivity index (χ1n) is 7.36. The number of benzene rings is 2. The number of rotatable bonds is 6. The topological polar surface area (TPSA) is 24.9 Å².